The molecule has 1 N–H and O–H groups in total. The van der Waals surface area contributed by atoms with Crippen LogP contribution in [0, 0.1) is 5.82 Å². The first kappa shape index (κ1) is 16.7. The minimum atomic E-state index is -0.219. The van der Waals surface area contributed by atoms with Gasteiger partial charge in [0, 0.05) is 57.1 Å². The average Bonchev–Trinajstić information content (AvgIpc) is 3.12. The minimum Gasteiger partial charge on any atom is -0.314 e. The first-order valence-corrected chi connectivity index (χ1v) is 9.24. The molecule has 0 bridgehead atoms. The molecule has 1 aromatic carbocycles. The zero-order valence-corrected chi connectivity index (χ0v) is 14.6. The predicted molar refractivity (Wildman–Crippen MR) is 96.3 cm³/mol. The molecule has 0 amide bonds. The third-order valence-electron chi connectivity index (χ3n) is 5.28. The van der Waals surface area contributed by atoms with Crippen molar-refractivity contribution in [2.45, 2.75) is 25.4 Å². The Balaban J connectivity index is 1.37. The molecule has 0 saturated carbocycles. The number of piperidine rings is 1. The number of halogens is 1. The van der Waals surface area contributed by atoms with E-state index in [0.29, 0.717) is 6.04 Å². The third kappa shape index (κ3) is 4.08. The molecule has 5 nitrogen and oxygen atoms in total. The zero-order chi connectivity index (χ0) is 17.1. The second-order valence-corrected chi connectivity index (χ2v) is 7.09. The lowest BCUT2D eigenvalue weighted by molar-refractivity contribution is 0.0840. The van der Waals surface area contributed by atoms with Crippen molar-refractivity contribution in [3.8, 4) is 5.69 Å². The Labute approximate surface area is 148 Å². The van der Waals surface area contributed by atoms with Crippen LogP contribution in [0.3, 0.4) is 0 Å². The minimum absolute atomic E-state index is 0.219. The lowest BCUT2D eigenvalue weighted by Crippen LogP contribution is -2.53. The number of piperazine rings is 1. The van der Waals surface area contributed by atoms with Gasteiger partial charge in [-0.05, 0) is 43.7 Å². The van der Waals surface area contributed by atoms with Gasteiger partial charge in [-0.15, -0.1) is 0 Å². The molecule has 6 heteroatoms. The largest absolute Gasteiger partial charge is 0.314 e. The highest BCUT2D eigenvalue weighted by Gasteiger charge is 2.26. The first-order valence-electron chi connectivity index (χ1n) is 9.24. The van der Waals surface area contributed by atoms with Crippen LogP contribution < -0.4 is 5.32 Å². The number of hydrogen-bond donors (Lipinski definition) is 1. The van der Waals surface area contributed by atoms with Gasteiger partial charge in [0.25, 0.3) is 0 Å². The van der Waals surface area contributed by atoms with E-state index in [9.17, 15) is 4.39 Å². The topological polar surface area (TPSA) is 36.3 Å². The molecule has 2 aromatic rings. The Morgan fingerprint density at radius 1 is 1.12 bits per heavy atom. The van der Waals surface area contributed by atoms with Crippen molar-refractivity contribution in [3.05, 3.63) is 48.0 Å². The third-order valence-corrected chi connectivity index (χ3v) is 5.28. The summed E-state index contributed by atoms with van der Waals surface area (Å²) in [7, 11) is 0. The maximum atomic E-state index is 13.1. The maximum absolute atomic E-state index is 13.1. The summed E-state index contributed by atoms with van der Waals surface area (Å²) in [5, 5.41) is 7.88. The molecule has 1 aromatic heterocycles. The Bertz CT molecular complexity index is 677. The smallest absolute Gasteiger partial charge is 0.123 e. The monoisotopic (exact) mass is 343 g/mol. The molecule has 0 unspecified atom stereocenters. The summed E-state index contributed by atoms with van der Waals surface area (Å²) < 4.78 is 14.9. The molecule has 4 rings (SSSR count). The van der Waals surface area contributed by atoms with Crippen LogP contribution >= 0.6 is 0 Å². The molecule has 3 heterocycles. The van der Waals surface area contributed by atoms with Gasteiger partial charge in [0.2, 0.25) is 0 Å². The highest BCUT2D eigenvalue weighted by atomic mass is 19.1. The van der Waals surface area contributed by atoms with E-state index in [2.05, 4.69) is 26.4 Å². The highest BCUT2D eigenvalue weighted by Crippen LogP contribution is 2.19. The number of nitrogens with one attached hydrogen (secondary N) is 1. The van der Waals surface area contributed by atoms with E-state index in [1.807, 2.05) is 10.9 Å². The van der Waals surface area contributed by atoms with Crippen LogP contribution in [0.5, 0.6) is 0 Å². The van der Waals surface area contributed by atoms with Crippen LogP contribution in [-0.2, 0) is 6.54 Å². The second kappa shape index (κ2) is 7.64. The van der Waals surface area contributed by atoms with E-state index in [0.717, 1.165) is 38.4 Å². The Hall–Kier alpha value is -1.76. The van der Waals surface area contributed by atoms with Crippen LogP contribution in [0.25, 0.3) is 5.69 Å². The molecule has 0 aliphatic carbocycles. The van der Waals surface area contributed by atoms with Gasteiger partial charge in [-0.25, -0.2) is 9.07 Å². The molecule has 25 heavy (non-hydrogen) atoms. The maximum Gasteiger partial charge on any atom is 0.123 e. The molecule has 134 valence electrons. The van der Waals surface area contributed by atoms with Gasteiger partial charge in [0.1, 0.15) is 5.82 Å². The van der Waals surface area contributed by atoms with Crippen LogP contribution in [0.4, 0.5) is 4.39 Å². The predicted octanol–water partition coefficient (Wildman–Crippen LogP) is 1.88. The van der Waals surface area contributed by atoms with Gasteiger partial charge in [0.05, 0.1) is 11.9 Å². The van der Waals surface area contributed by atoms with Gasteiger partial charge in [0.15, 0.2) is 0 Å². The molecule has 0 radical (unpaired) electrons. The summed E-state index contributed by atoms with van der Waals surface area (Å²) in [6.45, 7) is 7.79. The van der Waals surface area contributed by atoms with E-state index in [4.69, 9.17) is 0 Å². The SMILES string of the molecule is Fc1ccc(-n2cc(CN3CCC[C@@H](N4CCNCC4)C3)cn2)cc1. The van der Waals surface area contributed by atoms with Crippen molar-refractivity contribution in [1.82, 2.24) is 24.9 Å². The average molecular weight is 343 g/mol. The van der Waals surface area contributed by atoms with Crippen molar-refractivity contribution in [2.75, 3.05) is 39.3 Å². The fourth-order valence-electron chi connectivity index (χ4n) is 3.96. The molecule has 0 spiro atoms. The van der Waals surface area contributed by atoms with Gasteiger partial charge in [-0.2, -0.15) is 5.10 Å². The number of nitrogens with zero attached hydrogens (tertiary/aromatic N) is 4. The quantitative estimate of drug-likeness (QED) is 0.920. The number of rotatable bonds is 4. The van der Waals surface area contributed by atoms with Gasteiger partial charge in [-0.3, -0.25) is 9.80 Å². The first-order chi connectivity index (χ1) is 12.3. The number of benzene rings is 1. The van der Waals surface area contributed by atoms with E-state index < -0.39 is 0 Å². The van der Waals surface area contributed by atoms with Crippen LogP contribution in [0.1, 0.15) is 18.4 Å². The summed E-state index contributed by atoms with van der Waals surface area (Å²) in [4.78, 5) is 5.19. The fourth-order valence-corrected chi connectivity index (χ4v) is 3.96. The Morgan fingerprint density at radius 2 is 1.92 bits per heavy atom. The van der Waals surface area contributed by atoms with E-state index >= 15 is 0 Å². The summed E-state index contributed by atoms with van der Waals surface area (Å²) in [5.74, 6) is -0.219. The van der Waals surface area contributed by atoms with Crippen LogP contribution in [0.15, 0.2) is 36.7 Å². The molecule has 2 aliphatic rings. The van der Waals surface area contributed by atoms with E-state index in [1.54, 1.807) is 12.1 Å². The van der Waals surface area contributed by atoms with E-state index in [1.165, 1.54) is 43.6 Å². The summed E-state index contributed by atoms with van der Waals surface area (Å²) in [6.07, 6.45) is 6.56. The highest BCUT2D eigenvalue weighted by molar-refractivity contribution is 5.31. The molecule has 2 aliphatic heterocycles. The van der Waals surface area contributed by atoms with Crippen molar-refractivity contribution in [1.29, 1.82) is 0 Å². The van der Waals surface area contributed by atoms with Gasteiger partial charge in [-0.1, -0.05) is 0 Å². The lowest BCUT2D eigenvalue weighted by atomic mass is 10.0. The second-order valence-electron chi connectivity index (χ2n) is 7.09. The molecular formula is C19H26FN5. The Morgan fingerprint density at radius 3 is 2.72 bits per heavy atom. The van der Waals surface area contributed by atoms with Crippen molar-refractivity contribution < 1.29 is 4.39 Å². The zero-order valence-electron chi connectivity index (χ0n) is 14.6. The van der Waals surface area contributed by atoms with Crippen molar-refractivity contribution in [2.24, 2.45) is 0 Å². The molecule has 1 atom stereocenters. The fraction of sp³-hybridized carbons (Fsp3) is 0.526. The molecular weight excluding hydrogens is 317 g/mol. The number of aromatic nitrogens is 2. The Kier molecular flexibility index (Phi) is 5.10. The van der Waals surface area contributed by atoms with E-state index in [-0.39, 0.29) is 5.82 Å². The number of hydrogen-bond acceptors (Lipinski definition) is 4. The van der Waals surface area contributed by atoms with Crippen LogP contribution in [-0.4, -0.2) is 64.9 Å². The normalized spacial score (nSPS) is 23.0. The number of likely N-dealkylation sites (tertiary alicyclic amines) is 1. The van der Waals surface area contributed by atoms with Crippen molar-refractivity contribution in [3.63, 3.8) is 0 Å². The summed E-state index contributed by atoms with van der Waals surface area (Å²) >= 11 is 0. The standard InChI is InChI=1S/C19H26FN5/c20-17-3-5-18(6-4-17)25-14-16(12-22-25)13-23-9-1-2-19(15-23)24-10-7-21-8-11-24/h3-6,12,14,19,21H,1-2,7-11,13,15H2/t19-/m1/s1. The van der Waals surface area contributed by atoms with Crippen LogP contribution in [0.2, 0.25) is 0 Å². The summed E-state index contributed by atoms with van der Waals surface area (Å²) in [5.41, 5.74) is 2.11. The van der Waals surface area contributed by atoms with Gasteiger partial charge < -0.3 is 5.32 Å². The molecule has 2 saturated heterocycles. The lowest BCUT2D eigenvalue weighted by Gasteiger charge is -2.41. The van der Waals surface area contributed by atoms with Crippen molar-refractivity contribution >= 4 is 0 Å². The summed E-state index contributed by atoms with van der Waals surface area (Å²) in [6, 6.07) is 7.14. The molecule has 2 fully saturated rings. The van der Waals surface area contributed by atoms with Gasteiger partial charge >= 0.3 is 0 Å².